The van der Waals surface area contributed by atoms with Crippen molar-refractivity contribution in [2.45, 2.75) is 45.2 Å². The van der Waals surface area contributed by atoms with Gasteiger partial charge in [0.05, 0.1) is 0 Å². The fourth-order valence-corrected chi connectivity index (χ4v) is 1.53. The van der Waals surface area contributed by atoms with Gasteiger partial charge in [0.15, 0.2) is 0 Å². The van der Waals surface area contributed by atoms with Gasteiger partial charge in [-0.1, -0.05) is 31.5 Å². The molecule has 1 aromatic carbocycles. The van der Waals surface area contributed by atoms with Crippen LogP contribution in [0.5, 0.6) is 0 Å². The Hall–Kier alpha value is -0.500. The van der Waals surface area contributed by atoms with Crippen molar-refractivity contribution in [3.63, 3.8) is 0 Å². The molecule has 0 N–H and O–H groups in total. The van der Waals surface area contributed by atoms with Gasteiger partial charge < -0.3 is 0 Å². The zero-order valence-corrected chi connectivity index (χ0v) is 10.5. The minimum Gasteiger partial charge on any atom is -0.239 e. The summed E-state index contributed by atoms with van der Waals surface area (Å²) in [5.41, 5.74) is 0.419. The smallest absolute Gasteiger partial charge is 0.131 e. The summed E-state index contributed by atoms with van der Waals surface area (Å²) in [6.07, 6.45) is 0. The maximum absolute atomic E-state index is 13.5. The van der Waals surface area contributed by atoms with Crippen molar-refractivity contribution in [2.24, 2.45) is 0 Å². The molecule has 0 aromatic heterocycles. The molecule has 0 unspecified atom stereocenters. The summed E-state index contributed by atoms with van der Waals surface area (Å²) in [6.45, 7) is 9.03. The van der Waals surface area contributed by atoms with E-state index in [1.165, 1.54) is 0 Å². The highest BCUT2D eigenvalue weighted by atomic mass is 32.1. The summed E-state index contributed by atoms with van der Waals surface area (Å²) in [7, 11) is 0. The van der Waals surface area contributed by atoms with Crippen molar-refractivity contribution in [3.8, 4) is 0 Å². The minimum absolute atomic E-state index is 0.658. The lowest BCUT2D eigenvalue weighted by molar-refractivity contribution is 0.217. The third-order valence-electron chi connectivity index (χ3n) is 1.79. The van der Waals surface area contributed by atoms with Crippen LogP contribution in [0.25, 0.3) is 0 Å². The predicted molar refractivity (Wildman–Crippen MR) is 63.9 cm³/mol. The van der Waals surface area contributed by atoms with E-state index in [2.05, 4.69) is 12.6 Å². The fraction of sp³-hybridized carbons (Fsp3) is 0.500. The third-order valence-corrected chi connectivity index (χ3v) is 2.18. The Bertz CT molecular complexity index is 287. The van der Waals surface area contributed by atoms with E-state index in [1.807, 2.05) is 39.0 Å². The summed E-state index contributed by atoms with van der Waals surface area (Å²) < 4.78 is 13.5. The number of hydrogen-bond donors (Lipinski definition) is 1. The first kappa shape index (κ1) is 13.5. The quantitative estimate of drug-likeness (QED) is 0.653. The van der Waals surface area contributed by atoms with Crippen LogP contribution in [-0.2, 0) is 5.67 Å². The van der Waals surface area contributed by atoms with Crippen LogP contribution < -0.4 is 0 Å². The van der Waals surface area contributed by atoms with Crippen molar-refractivity contribution in [1.29, 1.82) is 0 Å². The van der Waals surface area contributed by atoms with Crippen molar-refractivity contribution in [2.75, 3.05) is 0 Å². The molecule has 0 spiro atoms. The largest absolute Gasteiger partial charge is 0.239 e. The molecule has 0 aliphatic rings. The van der Waals surface area contributed by atoms with Crippen molar-refractivity contribution >= 4 is 12.6 Å². The lowest BCUT2D eigenvalue weighted by atomic mass is 9.98. The zero-order valence-electron chi connectivity index (χ0n) is 9.56. The molecule has 14 heavy (non-hydrogen) atoms. The zero-order chi connectivity index (χ0) is 11.4. The Labute approximate surface area is 91.9 Å². The predicted octanol–water partition coefficient (Wildman–Crippen LogP) is 4.51. The number of rotatable bonds is 1. The van der Waals surface area contributed by atoms with Crippen LogP contribution >= 0.6 is 12.6 Å². The van der Waals surface area contributed by atoms with Crippen molar-refractivity contribution in [1.82, 2.24) is 0 Å². The fourth-order valence-electron chi connectivity index (χ4n) is 1.13. The van der Waals surface area contributed by atoms with Crippen LogP contribution in [0.1, 0.15) is 38.8 Å². The maximum atomic E-state index is 13.5. The van der Waals surface area contributed by atoms with Gasteiger partial charge in [-0.3, -0.25) is 0 Å². The Balaban J connectivity index is 0.000000791. The average Bonchev–Trinajstić information content (AvgIpc) is 2.11. The summed E-state index contributed by atoms with van der Waals surface area (Å²) >= 11 is 4.20. The molecule has 0 radical (unpaired) electrons. The van der Waals surface area contributed by atoms with E-state index in [0.29, 0.717) is 10.5 Å². The first-order valence-electron chi connectivity index (χ1n) is 4.90. The molecule has 0 fully saturated rings. The van der Waals surface area contributed by atoms with Crippen LogP contribution in [0.2, 0.25) is 0 Å². The molecular formula is C12H19FS. The number of benzene rings is 1. The van der Waals surface area contributed by atoms with Gasteiger partial charge in [-0.2, -0.15) is 0 Å². The molecule has 0 amide bonds. The molecule has 1 aromatic rings. The highest BCUT2D eigenvalue weighted by molar-refractivity contribution is 7.80. The summed E-state index contributed by atoms with van der Waals surface area (Å²) in [5, 5.41) is 0. The molecule has 1 rings (SSSR count). The molecule has 0 bridgehead atoms. The van der Waals surface area contributed by atoms with E-state index in [4.69, 9.17) is 0 Å². The minimum atomic E-state index is -1.30. The van der Waals surface area contributed by atoms with Crippen molar-refractivity contribution in [3.05, 3.63) is 29.3 Å². The van der Waals surface area contributed by atoms with Gasteiger partial charge in [0.1, 0.15) is 5.67 Å². The van der Waals surface area contributed by atoms with E-state index in [9.17, 15) is 4.39 Å². The molecule has 0 nitrogen and oxygen atoms in total. The summed E-state index contributed by atoms with van der Waals surface area (Å²) in [6, 6.07) is 5.59. The Morgan fingerprint density at radius 3 is 2.07 bits per heavy atom. The van der Waals surface area contributed by atoms with Gasteiger partial charge in [-0.25, -0.2) is 4.39 Å². The SMILES string of the molecule is CC.Cc1ccc(S)c(C(C)(C)F)c1. The highest BCUT2D eigenvalue weighted by Gasteiger charge is 2.20. The van der Waals surface area contributed by atoms with Gasteiger partial charge in [-0.05, 0) is 26.8 Å². The van der Waals surface area contributed by atoms with Crippen molar-refractivity contribution < 1.29 is 4.39 Å². The molecule has 0 saturated carbocycles. The van der Waals surface area contributed by atoms with E-state index in [-0.39, 0.29) is 0 Å². The lowest BCUT2D eigenvalue weighted by Crippen LogP contribution is -2.10. The normalized spacial score (nSPS) is 10.5. The topological polar surface area (TPSA) is 0 Å². The maximum Gasteiger partial charge on any atom is 0.131 e. The summed E-state index contributed by atoms with van der Waals surface area (Å²) in [5.74, 6) is 0. The Kier molecular flexibility index (Phi) is 5.21. The van der Waals surface area contributed by atoms with Gasteiger partial charge in [-0.15, -0.1) is 12.6 Å². The summed E-state index contributed by atoms with van der Waals surface area (Å²) in [4.78, 5) is 0.716. The number of halogens is 1. The second-order valence-corrected chi connectivity index (χ2v) is 3.97. The molecular weight excluding hydrogens is 195 g/mol. The van der Waals surface area contributed by atoms with E-state index in [0.717, 1.165) is 5.56 Å². The molecule has 80 valence electrons. The first-order chi connectivity index (χ1) is 6.41. The Morgan fingerprint density at radius 2 is 1.71 bits per heavy atom. The highest BCUT2D eigenvalue weighted by Crippen LogP contribution is 2.30. The molecule has 2 heteroatoms. The first-order valence-corrected chi connectivity index (χ1v) is 5.35. The van der Waals surface area contributed by atoms with E-state index in [1.54, 1.807) is 13.8 Å². The van der Waals surface area contributed by atoms with Crippen LogP contribution in [-0.4, -0.2) is 0 Å². The van der Waals surface area contributed by atoms with Gasteiger partial charge >= 0.3 is 0 Å². The Morgan fingerprint density at radius 1 is 1.21 bits per heavy atom. The van der Waals surface area contributed by atoms with E-state index < -0.39 is 5.67 Å². The van der Waals surface area contributed by atoms with Crippen LogP contribution in [0.4, 0.5) is 4.39 Å². The molecule has 0 aliphatic carbocycles. The molecule has 0 heterocycles. The second-order valence-electron chi connectivity index (χ2n) is 3.49. The number of aryl methyl sites for hydroxylation is 1. The van der Waals surface area contributed by atoms with E-state index >= 15 is 0 Å². The third kappa shape index (κ3) is 3.70. The van der Waals surface area contributed by atoms with Gasteiger partial charge in [0, 0.05) is 10.5 Å². The number of alkyl halides is 1. The van der Waals surface area contributed by atoms with Crippen LogP contribution in [0, 0.1) is 6.92 Å². The van der Waals surface area contributed by atoms with Crippen LogP contribution in [0.3, 0.4) is 0 Å². The lowest BCUT2D eigenvalue weighted by Gasteiger charge is -2.17. The number of thiol groups is 1. The van der Waals surface area contributed by atoms with Gasteiger partial charge in [0.25, 0.3) is 0 Å². The molecule has 0 aliphatic heterocycles. The van der Waals surface area contributed by atoms with Gasteiger partial charge in [0.2, 0.25) is 0 Å². The molecule has 0 saturated heterocycles. The standard InChI is InChI=1S/C10H13FS.C2H6/c1-7-4-5-9(12)8(6-7)10(2,3)11;1-2/h4-6,12H,1-3H3;1-2H3. The monoisotopic (exact) mass is 214 g/mol. The number of hydrogen-bond acceptors (Lipinski definition) is 1. The second kappa shape index (κ2) is 5.40. The van der Waals surface area contributed by atoms with Crippen LogP contribution in [0.15, 0.2) is 23.1 Å². The average molecular weight is 214 g/mol. The molecule has 0 atom stereocenters.